The van der Waals surface area contributed by atoms with Crippen LogP contribution in [0.25, 0.3) is 11.0 Å². The van der Waals surface area contributed by atoms with Crippen molar-refractivity contribution in [2.45, 2.75) is 37.6 Å². The number of H-pyrrole nitrogens is 1. The van der Waals surface area contributed by atoms with Crippen LogP contribution < -0.4 is 20.5 Å². The van der Waals surface area contributed by atoms with Gasteiger partial charge in [0.25, 0.3) is 5.91 Å². The van der Waals surface area contributed by atoms with Crippen molar-refractivity contribution < 1.29 is 14.3 Å². The molecule has 1 aliphatic rings. The van der Waals surface area contributed by atoms with E-state index in [2.05, 4.69) is 10.3 Å². The molecule has 152 valence electrons. The van der Waals surface area contributed by atoms with Gasteiger partial charge in [-0.1, -0.05) is 6.42 Å². The number of fused-ring (bicyclic) bond motifs is 1. The zero-order valence-electron chi connectivity index (χ0n) is 16.7. The van der Waals surface area contributed by atoms with E-state index >= 15 is 0 Å². The minimum absolute atomic E-state index is 0.0942. The summed E-state index contributed by atoms with van der Waals surface area (Å²) < 4.78 is 10.5. The molecule has 2 aromatic carbocycles. The molecule has 0 radical (unpaired) electrons. The van der Waals surface area contributed by atoms with E-state index in [1.54, 1.807) is 32.4 Å². The first kappa shape index (κ1) is 19.1. The summed E-state index contributed by atoms with van der Waals surface area (Å²) in [6.45, 7) is 0. The second-order valence-corrected chi connectivity index (χ2v) is 7.53. The quantitative estimate of drug-likeness (QED) is 0.574. The number of nitrogen functional groups attached to an aromatic ring is 1. The average Bonchev–Trinajstić information content (AvgIpc) is 3.16. The number of ether oxygens (including phenoxy) is 2. The number of benzene rings is 2. The van der Waals surface area contributed by atoms with Crippen molar-refractivity contribution in [2.24, 2.45) is 0 Å². The van der Waals surface area contributed by atoms with Gasteiger partial charge in [0.15, 0.2) is 0 Å². The molecule has 29 heavy (non-hydrogen) atoms. The Bertz CT molecular complexity index is 1010. The fraction of sp³-hybridized carbons (Fsp3) is 0.364. The largest absolute Gasteiger partial charge is 0.497 e. The molecule has 0 spiro atoms. The first-order valence-corrected chi connectivity index (χ1v) is 9.85. The molecule has 2 atom stereocenters. The number of amides is 1. The molecular weight excluding hydrogens is 368 g/mol. The summed E-state index contributed by atoms with van der Waals surface area (Å²) in [5.74, 6) is 2.32. The van der Waals surface area contributed by atoms with Gasteiger partial charge in [-0.3, -0.25) is 4.79 Å². The highest BCUT2D eigenvalue weighted by Crippen LogP contribution is 2.33. The average molecular weight is 394 g/mol. The topological polar surface area (TPSA) is 102 Å². The van der Waals surface area contributed by atoms with Gasteiger partial charge >= 0.3 is 0 Å². The number of anilines is 1. The van der Waals surface area contributed by atoms with Crippen molar-refractivity contribution in [3.8, 4) is 11.5 Å². The number of methoxy groups -OCH3 is 2. The Morgan fingerprint density at radius 3 is 2.62 bits per heavy atom. The number of nitrogens with zero attached hydrogens (tertiary/aromatic N) is 1. The number of hydrogen-bond acceptors (Lipinski definition) is 5. The fourth-order valence-electron chi connectivity index (χ4n) is 4.01. The number of rotatable bonds is 5. The third-order valence-electron chi connectivity index (χ3n) is 5.54. The van der Waals surface area contributed by atoms with Gasteiger partial charge in [0.1, 0.15) is 17.3 Å². The summed E-state index contributed by atoms with van der Waals surface area (Å²) in [6.07, 6.45) is 3.89. The van der Waals surface area contributed by atoms with Crippen LogP contribution in [0.2, 0.25) is 0 Å². The molecule has 7 heteroatoms. The molecule has 0 saturated heterocycles. The zero-order chi connectivity index (χ0) is 20.4. The molecule has 4 N–H and O–H groups in total. The lowest BCUT2D eigenvalue weighted by atomic mass is 9.85. The van der Waals surface area contributed by atoms with Gasteiger partial charge in [-0.05, 0) is 49.6 Å². The monoisotopic (exact) mass is 394 g/mol. The van der Waals surface area contributed by atoms with E-state index in [-0.39, 0.29) is 17.9 Å². The predicted molar refractivity (Wildman–Crippen MR) is 113 cm³/mol. The Morgan fingerprint density at radius 2 is 1.90 bits per heavy atom. The normalized spacial score (nSPS) is 19.1. The van der Waals surface area contributed by atoms with E-state index in [1.165, 1.54) is 0 Å². The summed E-state index contributed by atoms with van der Waals surface area (Å²) in [5.41, 5.74) is 8.98. The summed E-state index contributed by atoms with van der Waals surface area (Å²) in [5, 5.41) is 3.17. The van der Waals surface area contributed by atoms with Crippen LogP contribution in [-0.4, -0.2) is 36.1 Å². The highest BCUT2D eigenvalue weighted by atomic mass is 16.5. The van der Waals surface area contributed by atoms with Gasteiger partial charge in [-0.25, -0.2) is 4.98 Å². The number of hydrogen-bond donors (Lipinski definition) is 3. The molecular formula is C22H26N4O3. The van der Waals surface area contributed by atoms with E-state index in [4.69, 9.17) is 20.2 Å². The molecule has 2 unspecified atom stereocenters. The molecule has 1 aliphatic carbocycles. The highest BCUT2D eigenvalue weighted by molar-refractivity contribution is 5.95. The maximum Gasteiger partial charge on any atom is 0.251 e. The Balaban J connectivity index is 1.47. The van der Waals surface area contributed by atoms with Crippen LogP contribution in [0.4, 0.5) is 5.69 Å². The van der Waals surface area contributed by atoms with Crippen LogP contribution in [0.1, 0.15) is 47.8 Å². The maximum absolute atomic E-state index is 12.8. The van der Waals surface area contributed by atoms with Crippen molar-refractivity contribution >= 4 is 22.6 Å². The predicted octanol–water partition coefficient (Wildman–Crippen LogP) is 3.62. The Kier molecular flexibility index (Phi) is 5.29. The lowest BCUT2D eigenvalue weighted by molar-refractivity contribution is 0.0924. The molecule has 1 amide bonds. The SMILES string of the molecule is COc1cc(OC)cc(C(=O)NC2CCCC(c3nc4cc(N)ccc4[nH]3)C2)c1. The van der Waals surface area contributed by atoms with Crippen molar-refractivity contribution in [1.29, 1.82) is 0 Å². The van der Waals surface area contributed by atoms with E-state index in [9.17, 15) is 4.79 Å². The highest BCUT2D eigenvalue weighted by Gasteiger charge is 2.27. The van der Waals surface area contributed by atoms with Crippen molar-refractivity contribution in [1.82, 2.24) is 15.3 Å². The molecule has 1 saturated carbocycles. The lowest BCUT2D eigenvalue weighted by Crippen LogP contribution is -2.38. The molecule has 7 nitrogen and oxygen atoms in total. The van der Waals surface area contributed by atoms with E-state index in [0.29, 0.717) is 22.7 Å². The number of nitrogens with two attached hydrogens (primary N) is 1. The van der Waals surface area contributed by atoms with Crippen LogP contribution in [0.15, 0.2) is 36.4 Å². The molecule has 3 aromatic rings. The molecule has 1 fully saturated rings. The van der Waals surface area contributed by atoms with Gasteiger partial charge in [-0.2, -0.15) is 0 Å². The summed E-state index contributed by atoms with van der Waals surface area (Å²) in [7, 11) is 3.15. The van der Waals surface area contributed by atoms with Gasteiger partial charge in [0.2, 0.25) is 0 Å². The van der Waals surface area contributed by atoms with Crippen molar-refractivity contribution in [2.75, 3.05) is 20.0 Å². The number of aromatic nitrogens is 2. The lowest BCUT2D eigenvalue weighted by Gasteiger charge is -2.28. The van der Waals surface area contributed by atoms with Crippen molar-refractivity contribution in [3.63, 3.8) is 0 Å². The Labute approximate surface area is 169 Å². The maximum atomic E-state index is 12.8. The molecule has 4 rings (SSSR count). The Morgan fingerprint density at radius 1 is 1.14 bits per heavy atom. The molecule has 1 aromatic heterocycles. The fourth-order valence-corrected chi connectivity index (χ4v) is 4.01. The first-order valence-electron chi connectivity index (χ1n) is 9.85. The summed E-state index contributed by atoms with van der Waals surface area (Å²) >= 11 is 0. The molecule has 1 heterocycles. The number of nitrogens with one attached hydrogen (secondary N) is 2. The van der Waals surface area contributed by atoms with Gasteiger partial charge < -0.3 is 25.5 Å². The van der Waals surface area contributed by atoms with Gasteiger partial charge in [0.05, 0.1) is 25.3 Å². The minimum atomic E-state index is -0.120. The third-order valence-corrected chi connectivity index (χ3v) is 5.54. The zero-order valence-corrected chi connectivity index (χ0v) is 16.7. The summed E-state index contributed by atoms with van der Waals surface area (Å²) in [4.78, 5) is 21.0. The van der Waals surface area contributed by atoms with Gasteiger partial charge in [0, 0.05) is 29.3 Å². The van der Waals surface area contributed by atoms with E-state index < -0.39 is 0 Å². The number of imidazole rings is 1. The minimum Gasteiger partial charge on any atom is -0.497 e. The van der Waals surface area contributed by atoms with Crippen LogP contribution in [0.3, 0.4) is 0 Å². The molecule has 0 bridgehead atoms. The third kappa shape index (κ3) is 4.13. The van der Waals surface area contributed by atoms with E-state index in [0.717, 1.165) is 42.5 Å². The van der Waals surface area contributed by atoms with Gasteiger partial charge in [-0.15, -0.1) is 0 Å². The summed E-state index contributed by atoms with van der Waals surface area (Å²) in [6, 6.07) is 11.0. The molecule has 0 aliphatic heterocycles. The smallest absolute Gasteiger partial charge is 0.251 e. The second kappa shape index (κ2) is 8.03. The number of carbonyl (C=O) groups is 1. The van der Waals surface area contributed by atoms with Crippen LogP contribution in [0, 0.1) is 0 Å². The van der Waals surface area contributed by atoms with Crippen LogP contribution in [-0.2, 0) is 0 Å². The second-order valence-electron chi connectivity index (χ2n) is 7.53. The standard InChI is InChI=1S/C22H26N4O3/c1-28-17-9-14(10-18(12-17)29-2)22(27)24-16-5-3-4-13(8-16)21-25-19-7-6-15(23)11-20(19)26-21/h6-7,9-13,16H,3-5,8,23H2,1-2H3,(H,24,27)(H,25,26). The van der Waals surface area contributed by atoms with E-state index in [1.807, 2.05) is 18.2 Å². The first-order chi connectivity index (χ1) is 14.1. The number of carbonyl (C=O) groups excluding carboxylic acids is 1. The number of aromatic amines is 1. The van der Waals surface area contributed by atoms with Crippen LogP contribution in [0.5, 0.6) is 11.5 Å². The Hall–Kier alpha value is -3.22. The van der Waals surface area contributed by atoms with Crippen LogP contribution >= 0.6 is 0 Å². The van der Waals surface area contributed by atoms with Crippen molar-refractivity contribution in [3.05, 3.63) is 47.8 Å².